The summed E-state index contributed by atoms with van der Waals surface area (Å²) in [6, 6.07) is 12.3. The minimum atomic E-state index is -0.677. The maximum Gasteiger partial charge on any atom is 0.339 e. The van der Waals surface area contributed by atoms with Crippen LogP contribution in [-0.2, 0) is 14.3 Å². The highest BCUT2D eigenvalue weighted by Gasteiger charge is 2.17. The number of amides is 1. The number of benzene rings is 2. The van der Waals surface area contributed by atoms with Crippen molar-refractivity contribution in [3.8, 4) is 11.8 Å². The molecule has 0 fully saturated rings. The summed E-state index contributed by atoms with van der Waals surface area (Å²) < 4.78 is 14.6. The Morgan fingerprint density at radius 1 is 1.04 bits per heavy atom. The van der Waals surface area contributed by atoms with Gasteiger partial charge in [-0.1, -0.05) is 6.07 Å². The smallest absolute Gasteiger partial charge is 0.339 e. The first kappa shape index (κ1) is 19.5. The van der Waals surface area contributed by atoms with E-state index in [1.807, 2.05) is 6.07 Å². The van der Waals surface area contributed by atoms with Gasteiger partial charge in [-0.05, 0) is 36.4 Å². The Balaban J connectivity index is 2.15. The molecule has 0 aromatic heterocycles. The van der Waals surface area contributed by atoms with Crippen LogP contribution in [0.4, 0.5) is 5.69 Å². The largest absolute Gasteiger partial charge is 0.484 e. The van der Waals surface area contributed by atoms with E-state index >= 15 is 0 Å². The van der Waals surface area contributed by atoms with Crippen LogP contribution in [0.15, 0.2) is 42.5 Å². The second-order valence-corrected chi connectivity index (χ2v) is 5.22. The third-order valence-corrected chi connectivity index (χ3v) is 3.45. The van der Waals surface area contributed by atoms with Crippen molar-refractivity contribution in [3.63, 3.8) is 0 Å². The van der Waals surface area contributed by atoms with Crippen LogP contribution in [0.3, 0.4) is 0 Å². The molecule has 0 radical (unpaired) electrons. The fourth-order valence-electron chi connectivity index (χ4n) is 2.17. The van der Waals surface area contributed by atoms with Crippen LogP contribution in [0, 0.1) is 11.3 Å². The van der Waals surface area contributed by atoms with Crippen molar-refractivity contribution in [2.45, 2.75) is 0 Å². The Kier molecular flexibility index (Phi) is 6.49. The Hall–Kier alpha value is -3.86. The van der Waals surface area contributed by atoms with E-state index in [-0.39, 0.29) is 23.4 Å². The van der Waals surface area contributed by atoms with E-state index in [1.54, 1.807) is 18.2 Å². The summed E-state index contributed by atoms with van der Waals surface area (Å²) in [4.78, 5) is 35.7. The Bertz CT molecular complexity index is 917. The highest BCUT2D eigenvalue weighted by molar-refractivity contribution is 6.03. The normalized spacial score (nSPS) is 9.67. The van der Waals surface area contributed by atoms with Gasteiger partial charge in [-0.25, -0.2) is 9.59 Å². The molecule has 1 N–H and O–H groups in total. The summed E-state index contributed by atoms with van der Waals surface area (Å²) >= 11 is 0. The van der Waals surface area contributed by atoms with Gasteiger partial charge in [0, 0.05) is 0 Å². The number of nitriles is 1. The number of anilines is 1. The number of esters is 2. The minimum absolute atomic E-state index is 0.0741. The van der Waals surface area contributed by atoms with Crippen LogP contribution in [-0.4, -0.2) is 38.7 Å². The van der Waals surface area contributed by atoms with Gasteiger partial charge in [0.05, 0.1) is 42.7 Å². The van der Waals surface area contributed by atoms with Crippen LogP contribution in [0.5, 0.6) is 5.75 Å². The third kappa shape index (κ3) is 5.06. The summed E-state index contributed by atoms with van der Waals surface area (Å²) in [6.07, 6.45) is 0. The average Bonchev–Trinajstić information content (AvgIpc) is 2.71. The quantitative estimate of drug-likeness (QED) is 0.777. The third-order valence-electron chi connectivity index (χ3n) is 3.45. The van der Waals surface area contributed by atoms with E-state index in [4.69, 9.17) is 10.00 Å². The molecule has 2 aromatic rings. The summed E-state index contributed by atoms with van der Waals surface area (Å²) in [7, 11) is 2.42. The van der Waals surface area contributed by atoms with Crippen LogP contribution in [0.2, 0.25) is 0 Å². The lowest BCUT2D eigenvalue weighted by molar-refractivity contribution is -0.118. The molecule has 0 saturated heterocycles. The molecule has 2 aromatic carbocycles. The first-order valence-corrected chi connectivity index (χ1v) is 7.72. The number of carbonyl (C=O) groups excluding carboxylic acids is 3. The highest BCUT2D eigenvalue weighted by atomic mass is 16.5. The van der Waals surface area contributed by atoms with Gasteiger partial charge in [0.2, 0.25) is 0 Å². The van der Waals surface area contributed by atoms with E-state index < -0.39 is 17.8 Å². The number of nitrogens with zero attached hydrogens (tertiary/aromatic N) is 1. The fraction of sp³-hybridized carbons (Fsp3) is 0.158. The molecule has 1 amide bonds. The fourth-order valence-corrected chi connectivity index (χ4v) is 2.17. The zero-order valence-electron chi connectivity index (χ0n) is 14.6. The van der Waals surface area contributed by atoms with Crippen molar-refractivity contribution in [3.05, 3.63) is 59.2 Å². The Morgan fingerprint density at radius 2 is 1.78 bits per heavy atom. The average molecular weight is 368 g/mol. The standard InChI is InChI=1S/C19H16N2O6/c1-25-18(23)13-6-7-15(19(24)26-2)16(9-13)21-17(22)11-27-14-5-3-4-12(8-14)10-20/h3-9H,11H2,1-2H3,(H,21,22). The molecular weight excluding hydrogens is 352 g/mol. The Morgan fingerprint density at radius 3 is 2.44 bits per heavy atom. The van der Waals surface area contributed by atoms with E-state index in [0.29, 0.717) is 11.3 Å². The summed E-state index contributed by atoms with van der Waals surface area (Å²) in [5.41, 5.74) is 0.712. The lowest BCUT2D eigenvalue weighted by Gasteiger charge is -2.12. The second-order valence-electron chi connectivity index (χ2n) is 5.22. The van der Waals surface area contributed by atoms with E-state index in [1.165, 1.54) is 38.5 Å². The van der Waals surface area contributed by atoms with Gasteiger partial charge in [0.25, 0.3) is 5.91 Å². The molecular formula is C19H16N2O6. The molecule has 0 heterocycles. The number of carbonyl (C=O) groups is 3. The highest BCUT2D eigenvalue weighted by Crippen LogP contribution is 2.20. The van der Waals surface area contributed by atoms with Crippen molar-refractivity contribution in [2.24, 2.45) is 0 Å². The van der Waals surface area contributed by atoms with E-state index in [0.717, 1.165) is 0 Å². The molecule has 0 aliphatic heterocycles. The minimum Gasteiger partial charge on any atom is -0.484 e. The number of ether oxygens (including phenoxy) is 3. The molecule has 138 valence electrons. The SMILES string of the molecule is COC(=O)c1ccc(C(=O)OC)c(NC(=O)COc2cccc(C#N)c2)c1. The Labute approximate surface area is 155 Å². The summed E-state index contributed by atoms with van der Waals surface area (Å²) in [5.74, 6) is -1.51. The number of nitrogens with one attached hydrogen (secondary N) is 1. The predicted octanol–water partition coefficient (Wildman–Crippen LogP) is 2.15. The lowest BCUT2D eigenvalue weighted by atomic mass is 10.1. The van der Waals surface area contributed by atoms with E-state index in [2.05, 4.69) is 14.8 Å². The summed E-state index contributed by atoms with van der Waals surface area (Å²) in [5, 5.41) is 11.4. The van der Waals surface area contributed by atoms with Gasteiger partial charge in [0.15, 0.2) is 6.61 Å². The lowest BCUT2D eigenvalue weighted by Crippen LogP contribution is -2.22. The predicted molar refractivity (Wildman–Crippen MR) is 94.4 cm³/mol. The topological polar surface area (TPSA) is 115 Å². The van der Waals surface area contributed by atoms with E-state index in [9.17, 15) is 14.4 Å². The number of methoxy groups -OCH3 is 2. The van der Waals surface area contributed by atoms with Crippen molar-refractivity contribution in [2.75, 3.05) is 26.1 Å². The van der Waals surface area contributed by atoms with Gasteiger partial charge < -0.3 is 19.5 Å². The molecule has 0 aliphatic carbocycles. The van der Waals surface area contributed by atoms with Crippen LogP contribution in [0.25, 0.3) is 0 Å². The zero-order valence-corrected chi connectivity index (χ0v) is 14.6. The summed E-state index contributed by atoms with van der Waals surface area (Å²) in [6.45, 7) is -0.363. The first-order chi connectivity index (χ1) is 13.0. The molecule has 0 spiro atoms. The monoisotopic (exact) mass is 368 g/mol. The van der Waals surface area contributed by atoms with Crippen molar-refractivity contribution in [1.29, 1.82) is 5.26 Å². The molecule has 0 aliphatic rings. The maximum atomic E-state index is 12.2. The molecule has 8 heteroatoms. The van der Waals surface area contributed by atoms with Gasteiger partial charge in [0.1, 0.15) is 5.75 Å². The van der Waals surface area contributed by atoms with Crippen molar-refractivity contribution in [1.82, 2.24) is 0 Å². The van der Waals surface area contributed by atoms with Gasteiger partial charge in [-0.3, -0.25) is 4.79 Å². The molecule has 27 heavy (non-hydrogen) atoms. The molecule has 0 saturated carbocycles. The van der Waals surface area contributed by atoms with Gasteiger partial charge in [-0.2, -0.15) is 5.26 Å². The second kappa shape index (κ2) is 9.01. The zero-order chi connectivity index (χ0) is 19.8. The van der Waals surface area contributed by atoms with Gasteiger partial charge >= 0.3 is 11.9 Å². The van der Waals surface area contributed by atoms with Crippen molar-refractivity contribution >= 4 is 23.5 Å². The molecule has 8 nitrogen and oxygen atoms in total. The first-order valence-electron chi connectivity index (χ1n) is 7.72. The number of hydrogen-bond donors (Lipinski definition) is 1. The molecule has 0 bridgehead atoms. The maximum absolute atomic E-state index is 12.2. The van der Waals surface area contributed by atoms with Crippen LogP contribution < -0.4 is 10.1 Å². The molecule has 2 rings (SSSR count). The molecule has 0 unspecified atom stereocenters. The number of hydrogen-bond acceptors (Lipinski definition) is 7. The van der Waals surface area contributed by atoms with Crippen molar-refractivity contribution < 1.29 is 28.6 Å². The van der Waals surface area contributed by atoms with Crippen LogP contribution in [0.1, 0.15) is 26.3 Å². The van der Waals surface area contributed by atoms with Crippen LogP contribution >= 0.6 is 0 Å². The van der Waals surface area contributed by atoms with Gasteiger partial charge in [-0.15, -0.1) is 0 Å². The molecule has 0 atom stereocenters. The number of rotatable bonds is 6.